The molecule has 0 aliphatic rings. The fourth-order valence-electron chi connectivity index (χ4n) is 3.13. The zero-order valence-electron chi connectivity index (χ0n) is 17.0. The van der Waals surface area contributed by atoms with Crippen molar-refractivity contribution in [3.63, 3.8) is 0 Å². The van der Waals surface area contributed by atoms with Crippen molar-refractivity contribution in [1.82, 2.24) is 5.32 Å². The summed E-state index contributed by atoms with van der Waals surface area (Å²) in [7, 11) is -3.88. The molecule has 0 aromatic heterocycles. The van der Waals surface area contributed by atoms with Crippen LogP contribution in [0.4, 0.5) is 5.69 Å². The van der Waals surface area contributed by atoms with E-state index in [9.17, 15) is 18.3 Å². The average molecular weight is 538 g/mol. The van der Waals surface area contributed by atoms with Crippen molar-refractivity contribution in [3.05, 3.63) is 93.4 Å². The number of hydrogen-bond donors (Lipinski definition) is 3. The largest absolute Gasteiger partial charge is 0.396 e. The quantitative estimate of drug-likeness (QED) is 0.375. The molecule has 3 aromatic carbocycles. The smallest absolute Gasteiger partial charge is 0.261 e. The zero-order chi connectivity index (χ0) is 23.1. The van der Waals surface area contributed by atoms with E-state index >= 15 is 0 Å². The molecule has 3 aromatic rings. The van der Waals surface area contributed by atoms with Gasteiger partial charge in [0.05, 0.1) is 16.1 Å². The van der Waals surface area contributed by atoms with Crippen LogP contribution in [0.25, 0.3) is 0 Å². The van der Waals surface area contributed by atoms with Crippen molar-refractivity contribution < 1.29 is 18.3 Å². The monoisotopic (exact) mass is 536 g/mol. The molecule has 32 heavy (non-hydrogen) atoms. The summed E-state index contributed by atoms with van der Waals surface area (Å²) in [5, 5.41) is 12.8. The highest BCUT2D eigenvalue weighted by molar-refractivity contribution is 9.10. The highest BCUT2D eigenvalue weighted by atomic mass is 79.9. The van der Waals surface area contributed by atoms with E-state index in [1.54, 1.807) is 18.2 Å². The van der Waals surface area contributed by atoms with E-state index in [0.717, 1.165) is 10.0 Å². The fourth-order valence-corrected chi connectivity index (χ4v) is 4.85. The van der Waals surface area contributed by atoms with Gasteiger partial charge in [-0.3, -0.25) is 9.52 Å². The number of amides is 1. The van der Waals surface area contributed by atoms with Gasteiger partial charge in [0.25, 0.3) is 15.9 Å². The van der Waals surface area contributed by atoms with Crippen LogP contribution in [-0.2, 0) is 16.4 Å². The Bertz CT molecular complexity index is 1190. The molecule has 0 spiro atoms. The number of aliphatic hydroxyl groups excluding tert-OH is 1. The molecule has 168 valence electrons. The van der Waals surface area contributed by atoms with Crippen LogP contribution in [0.15, 0.2) is 82.2 Å². The number of carbonyl (C=O) groups is 1. The van der Waals surface area contributed by atoms with Crippen molar-refractivity contribution in [3.8, 4) is 0 Å². The van der Waals surface area contributed by atoms with Crippen molar-refractivity contribution in [2.24, 2.45) is 5.92 Å². The molecule has 1 amide bonds. The third kappa shape index (κ3) is 6.56. The number of benzene rings is 3. The fraction of sp³-hybridized carbons (Fsp3) is 0.174. The van der Waals surface area contributed by atoms with Crippen LogP contribution in [0.5, 0.6) is 0 Å². The number of anilines is 1. The Kier molecular flexibility index (Phi) is 8.31. The summed E-state index contributed by atoms with van der Waals surface area (Å²) < 4.78 is 28.8. The third-order valence-corrected chi connectivity index (χ3v) is 6.86. The van der Waals surface area contributed by atoms with E-state index < -0.39 is 15.9 Å². The maximum atomic E-state index is 12.9. The van der Waals surface area contributed by atoms with Gasteiger partial charge in [0, 0.05) is 28.6 Å². The molecule has 3 rings (SSSR count). The van der Waals surface area contributed by atoms with Gasteiger partial charge in [0.2, 0.25) is 0 Å². The second-order valence-electron chi connectivity index (χ2n) is 7.20. The molecule has 0 saturated carbocycles. The van der Waals surface area contributed by atoms with Crippen molar-refractivity contribution in [2.45, 2.75) is 11.3 Å². The van der Waals surface area contributed by atoms with Gasteiger partial charge in [0.1, 0.15) is 0 Å². The maximum Gasteiger partial charge on any atom is 0.261 e. The Hall–Kier alpha value is -2.39. The van der Waals surface area contributed by atoms with E-state index in [0.29, 0.717) is 11.4 Å². The predicted octanol–water partition coefficient (Wildman–Crippen LogP) is 4.48. The summed E-state index contributed by atoms with van der Waals surface area (Å²) in [4.78, 5) is 13.0. The minimum atomic E-state index is -3.88. The lowest BCUT2D eigenvalue weighted by Gasteiger charge is -2.17. The van der Waals surface area contributed by atoms with Crippen molar-refractivity contribution in [2.75, 3.05) is 17.9 Å². The number of nitrogens with one attached hydrogen (secondary N) is 2. The maximum absolute atomic E-state index is 12.9. The molecule has 0 fully saturated rings. The summed E-state index contributed by atoms with van der Waals surface area (Å²) in [5.41, 5.74) is 1.23. The van der Waals surface area contributed by atoms with Crippen molar-refractivity contribution in [1.29, 1.82) is 0 Å². The third-order valence-electron chi connectivity index (χ3n) is 4.75. The van der Waals surface area contributed by atoms with Gasteiger partial charge in [-0.15, -0.1) is 0 Å². The number of hydrogen-bond acceptors (Lipinski definition) is 4. The number of halogens is 2. The summed E-state index contributed by atoms with van der Waals surface area (Å²) in [5.74, 6) is -0.706. The molecule has 6 nitrogen and oxygen atoms in total. The Morgan fingerprint density at radius 1 is 1.03 bits per heavy atom. The van der Waals surface area contributed by atoms with Crippen LogP contribution in [0.2, 0.25) is 5.02 Å². The van der Waals surface area contributed by atoms with E-state index in [4.69, 9.17) is 11.6 Å². The van der Waals surface area contributed by atoms with Crippen molar-refractivity contribution >= 4 is 49.1 Å². The highest BCUT2D eigenvalue weighted by Gasteiger charge is 2.20. The topological polar surface area (TPSA) is 95.5 Å². The number of aliphatic hydroxyl groups is 1. The molecular weight excluding hydrogens is 516 g/mol. The number of sulfonamides is 1. The predicted molar refractivity (Wildman–Crippen MR) is 129 cm³/mol. The molecule has 3 N–H and O–H groups in total. The summed E-state index contributed by atoms with van der Waals surface area (Å²) in [6, 6.07) is 20.0. The second kappa shape index (κ2) is 11.0. The molecule has 0 heterocycles. The van der Waals surface area contributed by atoms with Gasteiger partial charge in [-0.1, -0.05) is 57.9 Å². The first-order valence-corrected chi connectivity index (χ1v) is 12.4. The van der Waals surface area contributed by atoms with Crippen LogP contribution >= 0.6 is 27.5 Å². The first kappa shape index (κ1) is 24.3. The molecule has 0 bridgehead atoms. The lowest BCUT2D eigenvalue weighted by molar-refractivity contribution is 0.0941. The van der Waals surface area contributed by atoms with Gasteiger partial charge >= 0.3 is 0 Å². The lowest BCUT2D eigenvalue weighted by atomic mass is 10.00. The standard InChI is InChI=1S/C23H22BrClN2O4S/c24-18-6-4-5-16(12-18)11-17(15-28)14-26-23(29)21-13-19(25)9-10-22(21)27-32(30,31)20-7-2-1-3-8-20/h1-10,12-13,17,27-28H,11,14-15H2,(H,26,29). The minimum absolute atomic E-state index is 0.0793. The van der Waals surface area contributed by atoms with Gasteiger partial charge in [0.15, 0.2) is 0 Å². The van der Waals surface area contributed by atoms with Gasteiger partial charge in [-0.05, 0) is 54.4 Å². The van der Waals surface area contributed by atoms with E-state index in [2.05, 4.69) is 26.0 Å². The zero-order valence-corrected chi connectivity index (χ0v) is 20.1. The first-order valence-electron chi connectivity index (χ1n) is 9.79. The molecule has 0 aliphatic heterocycles. The van der Waals surface area contributed by atoms with Crippen LogP contribution < -0.4 is 10.0 Å². The number of carbonyl (C=O) groups excluding carboxylic acids is 1. The molecule has 9 heteroatoms. The second-order valence-corrected chi connectivity index (χ2v) is 10.2. The Balaban J connectivity index is 1.74. The molecule has 1 atom stereocenters. The van der Waals surface area contributed by atoms with Gasteiger partial charge < -0.3 is 10.4 Å². The summed E-state index contributed by atoms with van der Waals surface area (Å²) >= 11 is 9.48. The van der Waals surface area contributed by atoms with Crippen LogP contribution in [-0.4, -0.2) is 32.6 Å². The molecule has 1 unspecified atom stereocenters. The normalized spacial score (nSPS) is 12.2. The first-order chi connectivity index (χ1) is 15.3. The number of rotatable bonds is 9. The van der Waals surface area contributed by atoms with Gasteiger partial charge in [-0.25, -0.2) is 8.42 Å². The van der Waals surface area contributed by atoms with Gasteiger partial charge in [-0.2, -0.15) is 0 Å². The molecular formula is C23H22BrClN2O4S. The minimum Gasteiger partial charge on any atom is -0.396 e. The summed E-state index contributed by atoms with van der Waals surface area (Å²) in [6.07, 6.45) is 0.569. The average Bonchev–Trinajstić information content (AvgIpc) is 2.78. The van der Waals surface area contributed by atoms with E-state index in [1.165, 1.54) is 30.3 Å². The van der Waals surface area contributed by atoms with Crippen LogP contribution in [0.3, 0.4) is 0 Å². The Labute approximate surface area is 200 Å². The highest BCUT2D eigenvalue weighted by Crippen LogP contribution is 2.24. The SMILES string of the molecule is O=C(NCC(CO)Cc1cccc(Br)c1)c1cc(Cl)ccc1NS(=O)(=O)c1ccccc1. The molecule has 0 aliphatic carbocycles. The van der Waals surface area contributed by atoms with Crippen LogP contribution in [0, 0.1) is 5.92 Å². The Morgan fingerprint density at radius 3 is 2.47 bits per heavy atom. The molecule has 0 saturated heterocycles. The molecule has 0 radical (unpaired) electrons. The van der Waals surface area contributed by atoms with Crippen LogP contribution in [0.1, 0.15) is 15.9 Å². The summed E-state index contributed by atoms with van der Waals surface area (Å²) in [6.45, 7) is 0.0923. The Morgan fingerprint density at radius 2 is 1.78 bits per heavy atom. The van der Waals surface area contributed by atoms with E-state index in [-0.39, 0.29) is 35.2 Å². The van der Waals surface area contributed by atoms with E-state index in [1.807, 2.05) is 24.3 Å². The lowest BCUT2D eigenvalue weighted by Crippen LogP contribution is -2.32.